The van der Waals surface area contributed by atoms with Crippen LogP contribution >= 0.6 is 22.9 Å². The lowest BCUT2D eigenvalue weighted by molar-refractivity contribution is -0.116. The molecule has 29 heavy (non-hydrogen) atoms. The summed E-state index contributed by atoms with van der Waals surface area (Å²) in [5.41, 5.74) is 1.84. The van der Waals surface area contributed by atoms with Crippen molar-refractivity contribution in [3.63, 3.8) is 0 Å². The van der Waals surface area contributed by atoms with E-state index in [4.69, 9.17) is 11.6 Å². The molecular formula is C21H15ClFN3O2S. The van der Waals surface area contributed by atoms with E-state index in [1.54, 1.807) is 0 Å². The van der Waals surface area contributed by atoms with Gasteiger partial charge in [-0.05, 0) is 36.2 Å². The van der Waals surface area contributed by atoms with Crippen LogP contribution in [-0.4, -0.2) is 15.5 Å². The lowest BCUT2D eigenvalue weighted by Crippen LogP contribution is -2.28. The Bertz CT molecular complexity index is 1280. The Kier molecular flexibility index (Phi) is 5.17. The number of halogens is 2. The predicted molar refractivity (Wildman–Crippen MR) is 114 cm³/mol. The average Bonchev–Trinajstić information content (AvgIpc) is 3.04. The zero-order valence-corrected chi connectivity index (χ0v) is 16.9. The van der Waals surface area contributed by atoms with Gasteiger partial charge in [0.15, 0.2) is 0 Å². The molecule has 5 nitrogen and oxygen atoms in total. The summed E-state index contributed by atoms with van der Waals surface area (Å²) in [4.78, 5) is 31.3. The Balaban J connectivity index is 1.65. The molecular weight excluding hydrogens is 413 g/mol. The minimum atomic E-state index is -0.499. The second-order valence-electron chi connectivity index (χ2n) is 6.45. The number of aryl methyl sites for hydroxylation is 1. The fraction of sp³-hybridized carbons (Fsp3) is 0.0952. The van der Waals surface area contributed by atoms with Gasteiger partial charge in [0.2, 0.25) is 5.91 Å². The summed E-state index contributed by atoms with van der Waals surface area (Å²) in [6.45, 7) is 1.65. The van der Waals surface area contributed by atoms with Crippen molar-refractivity contribution in [1.82, 2.24) is 9.55 Å². The molecule has 0 aliphatic heterocycles. The zero-order chi connectivity index (χ0) is 20.5. The summed E-state index contributed by atoms with van der Waals surface area (Å²) in [6, 6.07) is 13.5. The lowest BCUT2D eigenvalue weighted by Gasteiger charge is -2.09. The molecule has 0 atom stereocenters. The van der Waals surface area contributed by atoms with Gasteiger partial charge in [-0.3, -0.25) is 14.2 Å². The normalized spacial score (nSPS) is 11.0. The number of fused-ring (bicyclic) bond motifs is 1. The number of anilines is 1. The lowest BCUT2D eigenvalue weighted by atomic mass is 10.1. The third-order valence-corrected chi connectivity index (χ3v) is 6.03. The summed E-state index contributed by atoms with van der Waals surface area (Å²) < 4.78 is 14.4. The number of hydrogen-bond acceptors (Lipinski definition) is 4. The van der Waals surface area contributed by atoms with Crippen molar-refractivity contribution in [2.75, 3.05) is 5.32 Å². The van der Waals surface area contributed by atoms with Crippen molar-refractivity contribution in [3.8, 4) is 10.4 Å². The van der Waals surface area contributed by atoms with Gasteiger partial charge >= 0.3 is 0 Å². The zero-order valence-electron chi connectivity index (χ0n) is 15.3. The van der Waals surface area contributed by atoms with E-state index in [0.717, 1.165) is 22.1 Å². The van der Waals surface area contributed by atoms with Gasteiger partial charge < -0.3 is 5.32 Å². The summed E-state index contributed by atoms with van der Waals surface area (Å²) in [7, 11) is 0. The molecule has 4 rings (SSSR count). The first-order chi connectivity index (χ1) is 13.9. The van der Waals surface area contributed by atoms with Gasteiger partial charge in [-0.25, -0.2) is 9.37 Å². The largest absolute Gasteiger partial charge is 0.323 e. The van der Waals surface area contributed by atoms with Crippen LogP contribution in [0.25, 0.3) is 20.7 Å². The Hall–Kier alpha value is -3.03. The van der Waals surface area contributed by atoms with Gasteiger partial charge in [-0.1, -0.05) is 41.9 Å². The number of hydrogen-bond donors (Lipinski definition) is 1. The topological polar surface area (TPSA) is 64.0 Å². The fourth-order valence-electron chi connectivity index (χ4n) is 3.07. The van der Waals surface area contributed by atoms with Crippen LogP contribution in [0.5, 0.6) is 0 Å². The summed E-state index contributed by atoms with van der Waals surface area (Å²) in [5, 5.41) is 3.17. The maximum absolute atomic E-state index is 13.1. The molecule has 0 aliphatic carbocycles. The predicted octanol–water partition coefficient (Wildman–Crippen LogP) is 4.86. The molecule has 0 spiro atoms. The standard InChI is InChI=1S/C21H15ClFN3O2S/c1-12-18-20(29-19(12)13-5-3-2-4-6-13)24-11-26(21(18)28)10-17(27)25-16-8-7-14(23)9-15(16)22/h2-9,11H,10H2,1H3,(H,25,27). The highest BCUT2D eigenvalue weighted by Gasteiger charge is 2.17. The number of nitrogens with one attached hydrogen (secondary N) is 1. The number of amides is 1. The molecule has 4 aromatic rings. The van der Waals surface area contributed by atoms with E-state index in [2.05, 4.69) is 10.3 Å². The number of carbonyl (C=O) groups is 1. The molecule has 1 amide bonds. The smallest absolute Gasteiger partial charge is 0.262 e. The first kappa shape index (κ1) is 19.3. The third kappa shape index (κ3) is 3.79. The molecule has 0 bridgehead atoms. The van der Waals surface area contributed by atoms with E-state index in [0.29, 0.717) is 10.2 Å². The van der Waals surface area contributed by atoms with E-state index in [-0.39, 0.29) is 22.8 Å². The highest BCUT2D eigenvalue weighted by molar-refractivity contribution is 7.22. The molecule has 2 heterocycles. The molecule has 0 aliphatic rings. The van der Waals surface area contributed by atoms with Crippen LogP contribution in [0, 0.1) is 12.7 Å². The number of thiophene rings is 1. The van der Waals surface area contributed by atoms with Gasteiger partial charge in [0.1, 0.15) is 17.2 Å². The summed E-state index contributed by atoms with van der Waals surface area (Å²) >= 11 is 7.38. The van der Waals surface area contributed by atoms with Crippen LogP contribution in [0.2, 0.25) is 5.02 Å². The maximum atomic E-state index is 13.1. The number of rotatable bonds is 4. The molecule has 8 heteroatoms. The van der Waals surface area contributed by atoms with E-state index < -0.39 is 11.7 Å². The molecule has 0 saturated heterocycles. The number of aromatic nitrogens is 2. The quantitative estimate of drug-likeness (QED) is 0.505. The SMILES string of the molecule is Cc1c(-c2ccccc2)sc2ncn(CC(=O)Nc3ccc(F)cc3Cl)c(=O)c12. The molecule has 146 valence electrons. The Morgan fingerprint density at radius 2 is 2.00 bits per heavy atom. The van der Waals surface area contributed by atoms with Crippen LogP contribution in [0.3, 0.4) is 0 Å². The van der Waals surface area contributed by atoms with Crippen molar-refractivity contribution < 1.29 is 9.18 Å². The third-order valence-electron chi connectivity index (χ3n) is 4.47. The second kappa shape index (κ2) is 7.77. The number of nitrogens with zero attached hydrogens (tertiary/aromatic N) is 2. The van der Waals surface area contributed by atoms with E-state index >= 15 is 0 Å². The average molecular weight is 428 g/mol. The summed E-state index contributed by atoms with van der Waals surface area (Å²) in [5.74, 6) is -0.959. The van der Waals surface area contributed by atoms with Crippen molar-refractivity contribution in [2.45, 2.75) is 13.5 Å². The van der Waals surface area contributed by atoms with Crippen molar-refractivity contribution in [3.05, 3.63) is 81.6 Å². The van der Waals surface area contributed by atoms with Crippen molar-refractivity contribution in [1.29, 1.82) is 0 Å². The first-order valence-electron chi connectivity index (χ1n) is 8.73. The van der Waals surface area contributed by atoms with Gasteiger partial charge in [-0.2, -0.15) is 0 Å². The maximum Gasteiger partial charge on any atom is 0.262 e. The van der Waals surface area contributed by atoms with Crippen LogP contribution in [-0.2, 0) is 11.3 Å². The van der Waals surface area contributed by atoms with E-state index in [1.807, 2.05) is 37.3 Å². The Labute approximate surface area is 174 Å². The number of benzene rings is 2. The fourth-order valence-corrected chi connectivity index (χ4v) is 4.43. The van der Waals surface area contributed by atoms with Crippen molar-refractivity contribution >= 4 is 44.7 Å². The van der Waals surface area contributed by atoms with Gasteiger partial charge in [0.05, 0.1) is 22.4 Å². The molecule has 1 N–H and O–H groups in total. The minimum Gasteiger partial charge on any atom is -0.323 e. The molecule has 0 saturated carbocycles. The molecule has 0 radical (unpaired) electrons. The minimum absolute atomic E-state index is 0.0838. The van der Waals surface area contributed by atoms with Gasteiger partial charge in [0.25, 0.3) is 5.56 Å². The van der Waals surface area contributed by atoms with E-state index in [9.17, 15) is 14.0 Å². The monoisotopic (exact) mass is 427 g/mol. The molecule has 2 aromatic heterocycles. The Morgan fingerprint density at radius 3 is 2.72 bits per heavy atom. The van der Waals surface area contributed by atoms with Gasteiger partial charge in [0, 0.05) is 4.88 Å². The van der Waals surface area contributed by atoms with Crippen LogP contribution in [0.15, 0.2) is 59.7 Å². The van der Waals surface area contributed by atoms with Crippen molar-refractivity contribution in [2.24, 2.45) is 0 Å². The van der Waals surface area contributed by atoms with E-state index in [1.165, 1.54) is 34.4 Å². The number of carbonyl (C=O) groups excluding carboxylic acids is 1. The molecule has 2 aromatic carbocycles. The highest BCUT2D eigenvalue weighted by Crippen LogP contribution is 2.35. The van der Waals surface area contributed by atoms with Gasteiger partial charge in [-0.15, -0.1) is 11.3 Å². The highest BCUT2D eigenvalue weighted by atomic mass is 35.5. The second-order valence-corrected chi connectivity index (χ2v) is 7.86. The molecule has 0 unspecified atom stereocenters. The summed E-state index contributed by atoms with van der Waals surface area (Å²) in [6.07, 6.45) is 1.36. The Morgan fingerprint density at radius 1 is 1.24 bits per heavy atom. The van der Waals surface area contributed by atoms with Crippen LogP contribution < -0.4 is 10.9 Å². The van der Waals surface area contributed by atoms with Crippen LogP contribution in [0.1, 0.15) is 5.56 Å². The van der Waals surface area contributed by atoms with Crippen LogP contribution in [0.4, 0.5) is 10.1 Å². The first-order valence-corrected chi connectivity index (χ1v) is 9.92. The molecule has 0 fully saturated rings.